The molecule has 0 amide bonds. The number of hydrogen-bond donors (Lipinski definition) is 0. The molecule has 122 valence electrons. The van der Waals surface area contributed by atoms with E-state index in [9.17, 15) is 13.2 Å². The van der Waals surface area contributed by atoms with E-state index in [4.69, 9.17) is 4.18 Å². The number of methoxy groups -OCH3 is 1. The van der Waals surface area contributed by atoms with Gasteiger partial charge in [-0.2, -0.15) is 8.42 Å². The second kappa shape index (κ2) is 6.42. The third-order valence-corrected chi connectivity index (χ3v) is 5.02. The summed E-state index contributed by atoms with van der Waals surface area (Å²) in [6, 6.07) is 9.44. The number of rotatable bonds is 4. The molecular weight excluding hydrogens is 316 g/mol. The third kappa shape index (κ3) is 3.53. The van der Waals surface area contributed by atoms with Crippen molar-refractivity contribution < 1.29 is 22.1 Å². The molecule has 0 saturated heterocycles. The molecule has 0 fully saturated rings. The zero-order chi connectivity index (χ0) is 17.2. The van der Waals surface area contributed by atoms with Crippen LogP contribution in [0.5, 0.6) is 5.75 Å². The van der Waals surface area contributed by atoms with Gasteiger partial charge in [0.15, 0.2) is 0 Å². The van der Waals surface area contributed by atoms with Crippen molar-refractivity contribution in [3.8, 4) is 5.75 Å². The predicted octanol–water partition coefficient (Wildman–Crippen LogP) is 3.17. The van der Waals surface area contributed by atoms with E-state index in [1.807, 2.05) is 13.0 Å². The van der Waals surface area contributed by atoms with Crippen LogP contribution >= 0.6 is 0 Å². The van der Waals surface area contributed by atoms with Crippen molar-refractivity contribution in [2.24, 2.45) is 0 Å². The lowest BCUT2D eigenvalue weighted by Gasteiger charge is -2.13. The summed E-state index contributed by atoms with van der Waals surface area (Å²) in [7, 11) is -2.71. The Labute approximate surface area is 136 Å². The van der Waals surface area contributed by atoms with Crippen LogP contribution in [0.3, 0.4) is 0 Å². The van der Waals surface area contributed by atoms with Gasteiger partial charge in [0.2, 0.25) is 0 Å². The molecule has 0 aromatic heterocycles. The summed E-state index contributed by atoms with van der Waals surface area (Å²) >= 11 is 0. The molecule has 0 saturated carbocycles. The second-order valence-electron chi connectivity index (χ2n) is 5.21. The summed E-state index contributed by atoms with van der Waals surface area (Å²) < 4.78 is 34.9. The Hall–Kier alpha value is -2.34. The number of aryl methyl sites for hydroxylation is 2. The van der Waals surface area contributed by atoms with Crippen LogP contribution in [0.4, 0.5) is 0 Å². The van der Waals surface area contributed by atoms with Crippen molar-refractivity contribution >= 4 is 16.1 Å². The van der Waals surface area contributed by atoms with Gasteiger partial charge in [-0.05, 0) is 61.7 Å². The zero-order valence-electron chi connectivity index (χ0n) is 13.4. The monoisotopic (exact) mass is 334 g/mol. The Balaban J connectivity index is 2.40. The third-order valence-electron chi connectivity index (χ3n) is 3.62. The molecule has 0 atom stereocenters. The van der Waals surface area contributed by atoms with Gasteiger partial charge >= 0.3 is 16.1 Å². The maximum atomic E-state index is 12.5. The highest BCUT2D eigenvalue weighted by molar-refractivity contribution is 7.87. The minimum Gasteiger partial charge on any atom is -0.465 e. The first-order chi connectivity index (χ1) is 10.8. The van der Waals surface area contributed by atoms with E-state index < -0.39 is 16.1 Å². The highest BCUT2D eigenvalue weighted by Gasteiger charge is 2.21. The van der Waals surface area contributed by atoms with Crippen LogP contribution in [-0.4, -0.2) is 21.5 Å². The molecule has 0 heterocycles. The Morgan fingerprint density at radius 2 is 1.70 bits per heavy atom. The highest BCUT2D eigenvalue weighted by Crippen LogP contribution is 2.26. The number of hydrogen-bond acceptors (Lipinski definition) is 5. The maximum Gasteiger partial charge on any atom is 0.339 e. The quantitative estimate of drug-likeness (QED) is 0.634. The molecule has 0 N–H and O–H groups in total. The molecule has 6 heteroatoms. The molecule has 0 radical (unpaired) electrons. The van der Waals surface area contributed by atoms with Crippen molar-refractivity contribution in [3.05, 3.63) is 58.7 Å². The van der Waals surface area contributed by atoms with Crippen LogP contribution in [0.2, 0.25) is 0 Å². The van der Waals surface area contributed by atoms with Gasteiger partial charge in [-0.15, -0.1) is 0 Å². The van der Waals surface area contributed by atoms with Crippen LogP contribution in [0.1, 0.15) is 27.0 Å². The first kappa shape index (κ1) is 17.0. The summed E-state index contributed by atoms with van der Waals surface area (Å²) in [4.78, 5) is 11.5. The molecule has 5 nitrogen and oxygen atoms in total. The van der Waals surface area contributed by atoms with Gasteiger partial charge in [-0.1, -0.05) is 12.1 Å². The minimum absolute atomic E-state index is 0.0195. The van der Waals surface area contributed by atoms with E-state index >= 15 is 0 Å². The summed E-state index contributed by atoms with van der Waals surface area (Å²) in [5.74, 6) is -0.228. The molecule has 0 aliphatic rings. The van der Waals surface area contributed by atoms with Crippen molar-refractivity contribution in [2.75, 3.05) is 7.11 Å². The van der Waals surface area contributed by atoms with Crippen LogP contribution in [0.25, 0.3) is 0 Å². The number of ether oxygens (including phenoxy) is 1. The minimum atomic E-state index is -3.98. The molecule has 0 bridgehead atoms. The Bertz CT molecular complexity index is 853. The van der Waals surface area contributed by atoms with E-state index in [1.165, 1.54) is 25.3 Å². The Morgan fingerprint density at radius 1 is 1.00 bits per heavy atom. The molecule has 23 heavy (non-hydrogen) atoms. The number of carbonyl (C=O) groups is 1. The molecule has 2 aromatic carbocycles. The number of benzene rings is 2. The van der Waals surface area contributed by atoms with E-state index in [0.717, 1.165) is 11.1 Å². The fourth-order valence-electron chi connectivity index (χ4n) is 2.15. The Kier molecular flexibility index (Phi) is 4.75. The van der Waals surface area contributed by atoms with E-state index in [0.29, 0.717) is 11.3 Å². The largest absolute Gasteiger partial charge is 0.465 e. The van der Waals surface area contributed by atoms with Gasteiger partial charge in [0.05, 0.1) is 12.7 Å². The fraction of sp³-hybridized carbons (Fsp3) is 0.235. The maximum absolute atomic E-state index is 12.5. The van der Waals surface area contributed by atoms with Crippen molar-refractivity contribution in [2.45, 2.75) is 25.7 Å². The number of carbonyl (C=O) groups excluding carboxylic acids is 1. The van der Waals surface area contributed by atoms with Gasteiger partial charge in [0.1, 0.15) is 10.6 Å². The van der Waals surface area contributed by atoms with E-state index in [2.05, 4.69) is 4.74 Å². The molecule has 0 unspecified atom stereocenters. The van der Waals surface area contributed by atoms with Gasteiger partial charge in [0, 0.05) is 0 Å². The van der Waals surface area contributed by atoms with Gasteiger partial charge in [-0.3, -0.25) is 0 Å². The molecule has 2 aromatic rings. The summed E-state index contributed by atoms with van der Waals surface area (Å²) in [6.07, 6.45) is 0. The lowest BCUT2D eigenvalue weighted by atomic mass is 10.1. The SMILES string of the molecule is COC(=O)c1ccc(S(=O)(=O)Oc2cccc(C)c2C)c(C)c1. The normalized spacial score (nSPS) is 11.1. The van der Waals surface area contributed by atoms with E-state index in [-0.39, 0.29) is 10.5 Å². The molecule has 0 aliphatic heterocycles. The highest BCUT2D eigenvalue weighted by atomic mass is 32.2. The van der Waals surface area contributed by atoms with Crippen LogP contribution in [0.15, 0.2) is 41.3 Å². The van der Waals surface area contributed by atoms with Crippen molar-refractivity contribution in [1.29, 1.82) is 0 Å². The van der Waals surface area contributed by atoms with Crippen LogP contribution in [-0.2, 0) is 14.9 Å². The zero-order valence-corrected chi connectivity index (χ0v) is 14.2. The average molecular weight is 334 g/mol. The first-order valence-electron chi connectivity index (χ1n) is 6.96. The van der Waals surface area contributed by atoms with Gasteiger partial charge in [0.25, 0.3) is 0 Å². The standard InChI is InChI=1S/C17H18O5S/c1-11-6-5-7-15(13(11)3)22-23(19,20)16-9-8-14(10-12(16)2)17(18)21-4/h5-10H,1-4H3. The average Bonchev–Trinajstić information content (AvgIpc) is 2.50. The van der Waals surface area contributed by atoms with Crippen LogP contribution < -0.4 is 4.18 Å². The second-order valence-corrected chi connectivity index (χ2v) is 6.72. The lowest BCUT2D eigenvalue weighted by molar-refractivity contribution is 0.0600. The predicted molar refractivity (Wildman–Crippen MR) is 86.2 cm³/mol. The van der Waals surface area contributed by atoms with Crippen molar-refractivity contribution in [1.82, 2.24) is 0 Å². The van der Waals surface area contributed by atoms with Gasteiger partial charge in [-0.25, -0.2) is 4.79 Å². The smallest absolute Gasteiger partial charge is 0.339 e. The molecule has 0 spiro atoms. The number of esters is 1. The molecular formula is C17H18O5S. The van der Waals surface area contributed by atoms with Gasteiger partial charge < -0.3 is 8.92 Å². The van der Waals surface area contributed by atoms with E-state index in [1.54, 1.807) is 26.0 Å². The first-order valence-corrected chi connectivity index (χ1v) is 8.37. The summed E-state index contributed by atoms with van der Waals surface area (Å²) in [5.41, 5.74) is 2.41. The van der Waals surface area contributed by atoms with Crippen LogP contribution in [0, 0.1) is 20.8 Å². The summed E-state index contributed by atoms with van der Waals surface area (Å²) in [5, 5.41) is 0. The van der Waals surface area contributed by atoms with Crippen molar-refractivity contribution in [3.63, 3.8) is 0 Å². The molecule has 2 rings (SSSR count). The fourth-order valence-corrected chi connectivity index (χ4v) is 3.35. The Morgan fingerprint density at radius 3 is 2.30 bits per heavy atom. The topological polar surface area (TPSA) is 69.7 Å². The molecule has 0 aliphatic carbocycles. The lowest BCUT2D eigenvalue weighted by Crippen LogP contribution is -2.13. The summed E-state index contributed by atoms with van der Waals surface area (Å²) in [6.45, 7) is 5.28.